The third kappa shape index (κ3) is 4.45. The molecule has 0 spiro atoms. The molecule has 1 atom stereocenters. The van der Waals surface area contributed by atoms with Crippen molar-refractivity contribution < 1.29 is 22.4 Å². The van der Waals surface area contributed by atoms with E-state index < -0.39 is 29.6 Å². The molecule has 23 heavy (non-hydrogen) atoms. The van der Waals surface area contributed by atoms with Gasteiger partial charge in [-0.25, -0.2) is 9.18 Å². The predicted octanol–water partition coefficient (Wildman–Crippen LogP) is 4.73. The van der Waals surface area contributed by atoms with Gasteiger partial charge in [-0.1, -0.05) is 24.3 Å². The first-order chi connectivity index (χ1) is 10.8. The van der Waals surface area contributed by atoms with Crippen LogP contribution < -0.4 is 10.6 Å². The molecule has 0 saturated carbocycles. The minimum Gasteiger partial charge on any atom is -0.331 e. The van der Waals surface area contributed by atoms with Crippen LogP contribution in [0.5, 0.6) is 0 Å². The highest BCUT2D eigenvalue weighted by Gasteiger charge is 2.33. The molecule has 0 aliphatic carbocycles. The van der Waals surface area contributed by atoms with E-state index >= 15 is 0 Å². The van der Waals surface area contributed by atoms with Gasteiger partial charge in [0, 0.05) is 0 Å². The zero-order valence-electron chi connectivity index (χ0n) is 12.1. The van der Waals surface area contributed by atoms with Crippen LogP contribution in [0.4, 0.5) is 28.0 Å². The van der Waals surface area contributed by atoms with Gasteiger partial charge in [0.1, 0.15) is 5.82 Å². The number of carbonyl (C=O) groups excluding carboxylic acids is 1. The largest absolute Gasteiger partial charge is 0.418 e. The molecule has 0 aliphatic heterocycles. The number of benzene rings is 2. The summed E-state index contributed by atoms with van der Waals surface area (Å²) in [5.74, 6) is -0.412. The molecular weight excluding hydrogens is 312 g/mol. The second kappa shape index (κ2) is 6.68. The highest BCUT2D eigenvalue weighted by atomic mass is 19.4. The van der Waals surface area contributed by atoms with Crippen LogP contribution in [-0.4, -0.2) is 6.03 Å². The number of hydrogen-bond donors (Lipinski definition) is 2. The van der Waals surface area contributed by atoms with Crippen LogP contribution in [0.2, 0.25) is 0 Å². The van der Waals surface area contributed by atoms with E-state index in [0.29, 0.717) is 5.56 Å². The van der Waals surface area contributed by atoms with Crippen molar-refractivity contribution in [1.82, 2.24) is 5.32 Å². The molecule has 2 rings (SSSR count). The average Bonchev–Trinajstić information content (AvgIpc) is 2.47. The van der Waals surface area contributed by atoms with Crippen LogP contribution in [0.15, 0.2) is 48.5 Å². The van der Waals surface area contributed by atoms with E-state index in [9.17, 15) is 22.4 Å². The Morgan fingerprint density at radius 3 is 2.26 bits per heavy atom. The maximum Gasteiger partial charge on any atom is 0.418 e. The van der Waals surface area contributed by atoms with E-state index in [1.54, 1.807) is 6.92 Å². The molecule has 2 aromatic rings. The summed E-state index contributed by atoms with van der Waals surface area (Å²) >= 11 is 0. The summed E-state index contributed by atoms with van der Waals surface area (Å²) in [5.41, 5.74) is -0.626. The summed E-state index contributed by atoms with van der Waals surface area (Å²) in [7, 11) is 0. The molecule has 122 valence electrons. The molecular formula is C16H14F4N2O. The van der Waals surface area contributed by atoms with Crippen LogP contribution in [0.3, 0.4) is 0 Å². The summed E-state index contributed by atoms with van der Waals surface area (Å²) in [6.07, 6.45) is -4.56. The maximum atomic E-state index is 12.9. The molecule has 2 N–H and O–H groups in total. The number of carbonyl (C=O) groups is 1. The fourth-order valence-electron chi connectivity index (χ4n) is 2.03. The van der Waals surface area contributed by atoms with Crippen molar-refractivity contribution >= 4 is 11.7 Å². The number of nitrogens with one attached hydrogen (secondary N) is 2. The number of hydrogen-bond acceptors (Lipinski definition) is 1. The standard InChI is InChI=1S/C16H14F4N2O/c1-10(11-6-8-12(17)9-7-11)21-15(23)22-14-5-3-2-4-13(14)16(18,19)20/h2-10H,1H3,(H2,21,22,23). The quantitative estimate of drug-likeness (QED) is 0.787. The van der Waals surface area contributed by atoms with Gasteiger partial charge in [-0.15, -0.1) is 0 Å². The van der Waals surface area contributed by atoms with E-state index in [4.69, 9.17) is 0 Å². The van der Waals surface area contributed by atoms with Crippen LogP contribution in [0.25, 0.3) is 0 Å². The first-order valence-electron chi connectivity index (χ1n) is 6.76. The molecule has 0 aromatic heterocycles. The van der Waals surface area contributed by atoms with Crippen molar-refractivity contribution in [2.24, 2.45) is 0 Å². The minimum atomic E-state index is -4.56. The third-order valence-electron chi connectivity index (χ3n) is 3.20. The summed E-state index contributed by atoms with van der Waals surface area (Å²) in [5, 5.41) is 4.69. The van der Waals surface area contributed by atoms with Crippen molar-refractivity contribution in [3.63, 3.8) is 0 Å². The monoisotopic (exact) mass is 326 g/mol. The molecule has 7 heteroatoms. The number of alkyl halides is 3. The average molecular weight is 326 g/mol. The summed E-state index contributed by atoms with van der Waals surface area (Å²) < 4.78 is 51.4. The fraction of sp³-hybridized carbons (Fsp3) is 0.188. The topological polar surface area (TPSA) is 41.1 Å². The van der Waals surface area contributed by atoms with E-state index in [-0.39, 0.29) is 5.69 Å². The second-order valence-corrected chi connectivity index (χ2v) is 4.92. The zero-order chi connectivity index (χ0) is 17.0. The molecule has 3 nitrogen and oxygen atoms in total. The van der Waals surface area contributed by atoms with E-state index in [0.717, 1.165) is 6.07 Å². The number of urea groups is 1. The Labute approximate surface area is 130 Å². The molecule has 0 fully saturated rings. The van der Waals surface area contributed by atoms with E-state index in [1.165, 1.54) is 42.5 Å². The van der Waals surface area contributed by atoms with E-state index in [1.807, 2.05) is 0 Å². The lowest BCUT2D eigenvalue weighted by Crippen LogP contribution is -2.31. The Balaban J connectivity index is 2.07. The van der Waals surface area contributed by atoms with Gasteiger partial charge < -0.3 is 10.6 Å². The molecule has 0 bridgehead atoms. The lowest BCUT2D eigenvalue weighted by Gasteiger charge is -2.17. The Kier molecular flexibility index (Phi) is 4.88. The Morgan fingerprint density at radius 2 is 1.65 bits per heavy atom. The zero-order valence-corrected chi connectivity index (χ0v) is 12.1. The number of rotatable bonds is 3. The number of halogens is 4. The van der Waals surface area contributed by atoms with E-state index in [2.05, 4.69) is 10.6 Å². The van der Waals surface area contributed by atoms with Gasteiger partial charge >= 0.3 is 12.2 Å². The van der Waals surface area contributed by atoms with Crippen molar-refractivity contribution in [3.8, 4) is 0 Å². The van der Waals surface area contributed by atoms with Crippen LogP contribution in [0.1, 0.15) is 24.1 Å². The van der Waals surface area contributed by atoms with Crippen LogP contribution >= 0.6 is 0 Å². The van der Waals surface area contributed by atoms with Gasteiger partial charge in [0.15, 0.2) is 0 Å². The second-order valence-electron chi connectivity index (χ2n) is 4.92. The predicted molar refractivity (Wildman–Crippen MR) is 78.4 cm³/mol. The maximum absolute atomic E-state index is 12.9. The number of amides is 2. The molecule has 2 amide bonds. The van der Waals surface area contributed by atoms with Crippen LogP contribution in [0, 0.1) is 5.82 Å². The van der Waals surface area contributed by atoms with Crippen molar-refractivity contribution in [2.45, 2.75) is 19.1 Å². The molecule has 0 heterocycles. The van der Waals surface area contributed by atoms with Gasteiger partial charge in [-0.05, 0) is 36.8 Å². The van der Waals surface area contributed by atoms with Crippen molar-refractivity contribution in [3.05, 3.63) is 65.5 Å². The lowest BCUT2D eigenvalue weighted by molar-refractivity contribution is -0.136. The Hall–Kier alpha value is -2.57. The summed E-state index contributed by atoms with van der Waals surface area (Å²) in [6.45, 7) is 1.64. The fourth-order valence-corrected chi connectivity index (χ4v) is 2.03. The molecule has 0 saturated heterocycles. The first-order valence-corrected chi connectivity index (χ1v) is 6.76. The van der Waals surface area contributed by atoms with Crippen molar-refractivity contribution in [2.75, 3.05) is 5.32 Å². The van der Waals surface area contributed by atoms with Gasteiger partial charge in [-0.3, -0.25) is 0 Å². The van der Waals surface area contributed by atoms with Crippen LogP contribution in [-0.2, 0) is 6.18 Å². The van der Waals surface area contributed by atoms with Gasteiger partial charge in [-0.2, -0.15) is 13.2 Å². The Morgan fingerprint density at radius 1 is 1.04 bits per heavy atom. The highest BCUT2D eigenvalue weighted by Crippen LogP contribution is 2.34. The highest BCUT2D eigenvalue weighted by molar-refractivity contribution is 5.90. The molecule has 0 aliphatic rings. The van der Waals surface area contributed by atoms with Crippen molar-refractivity contribution in [1.29, 1.82) is 0 Å². The number of para-hydroxylation sites is 1. The number of anilines is 1. The van der Waals surface area contributed by atoms with Gasteiger partial charge in [0.25, 0.3) is 0 Å². The first kappa shape index (κ1) is 16.8. The normalized spacial score (nSPS) is 12.6. The van der Waals surface area contributed by atoms with Gasteiger partial charge in [0.05, 0.1) is 17.3 Å². The van der Waals surface area contributed by atoms with Gasteiger partial charge in [0.2, 0.25) is 0 Å². The third-order valence-corrected chi connectivity index (χ3v) is 3.20. The smallest absolute Gasteiger partial charge is 0.331 e. The SMILES string of the molecule is CC(NC(=O)Nc1ccccc1C(F)(F)F)c1ccc(F)cc1. The molecule has 0 radical (unpaired) electrons. The molecule has 1 unspecified atom stereocenters. The minimum absolute atomic E-state index is 0.330. The Bertz CT molecular complexity index is 683. The summed E-state index contributed by atoms with van der Waals surface area (Å²) in [4.78, 5) is 11.9. The lowest BCUT2D eigenvalue weighted by atomic mass is 10.1. The summed E-state index contributed by atoms with van der Waals surface area (Å²) in [6, 6.07) is 8.89. The molecule has 2 aromatic carbocycles.